The summed E-state index contributed by atoms with van der Waals surface area (Å²) in [5.74, 6) is 0. The molecule has 0 saturated carbocycles. The van der Waals surface area contributed by atoms with E-state index in [9.17, 15) is 10.4 Å². The predicted octanol–water partition coefficient (Wildman–Crippen LogP) is -4.70. The molecule has 9 nitrogen and oxygen atoms in total. The van der Waals surface area contributed by atoms with Gasteiger partial charge in [0.2, 0.25) is 0 Å². The zero-order chi connectivity index (χ0) is 8.15. The van der Waals surface area contributed by atoms with Gasteiger partial charge in [-0.1, -0.05) is 5.53 Å². The summed E-state index contributed by atoms with van der Waals surface area (Å²) in [7, 11) is 1.15. The van der Waals surface area contributed by atoms with Gasteiger partial charge in [0.1, 0.15) is 0 Å². The Morgan fingerprint density at radius 1 is 1.40 bits per heavy atom. The fourth-order valence-electron chi connectivity index (χ4n) is 0.179. The van der Waals surface area contributed by atoms with E-state index in [1.54, 1.807) is 5.53 Å². The van der Waals surface area contributed by atoms with Crippen LogP contribution in [0.3, 0.4) is 0 Å². The Hall–Kier alpha value is -0.360. The van der Waals surface area contributed by atoms with Crippen LogP contribution in [-0.2, 0) is 0 Å². The predicted molar refractivity (Wildman–Crippen MR) is 26.3 cm³/mol. The van der Waals surface area contributed by atoms with Crippen LogP contribution >= 0.6 is 0 Å². The highest BCUT2D eigenvalue weighted by molar-refractivity contribution is 4.01. The summed E-state index contributed by atoms with van der Waals surface area (Å²) < 4.78 is 0. The van der Waals surface area contributed by atoms with Crippen LogP contribution in [0.25, 0.3) is 0 Å². The third-order valence-corrected chi connectivity index (χ3v) is 0.617. The van der Waals surface area contributed by atoms with Crippen LogP contribution in [0, 0.1) is 10.4 Å². The van der Waals surface area contributed by atoms with E-state index < -0.39 is 10.7 Å². The van der Waals surface area contributed by atoms with Crippen molar-refractivity contribution in [3.05, 3.63) is 10.4 Å². The molecule has 0 aromatic rings. The molecule has 0 radical (unpaired) electrons. The van der Waals surface area contributed by atoms with Crippen LogP contribution in [0.4, 0.5) is 0 Å². The highest BCUT2D eigenvalue weighted by Gasteiger charge is 2.01. The van der Waals surface area contributed by atoms with Gasteiger partial charge in [0, 0.05) is 0 Å². The van der Waals surface area contributed by atoms with Crippen molar-refractivity contribution in [3.63, 3.8) is 0 Å². The first-order valence-corrected chi connectivity index (χ1v) is 2.25. The lowest BCUT2D eigenvalue weighted by Gasteiger charge is -2.23. The zero-order valence-electron chi connectivity index (χ0n) is 5.16. The van der Waals surface area contributed by atoms with Crippen molar-refractivity contribution in [1.82, 2.24) is 16.2 Å². The molecule has 0 aliphatic heterocycles. The average molecular weight is 155 g/mol. The molecule has 9 heteroatoms. The van der Waals surface area contributed by atoms with Crippen LogP contribution in [0.5, 0.6) is 0 Å². The molecular formula is CH9N5O4. The molecule has 0 saturated heterocycles. The Labute approximate surface area is 56.0 Å². The molecular weight excluding hydrogens is 146 g/mol. The lowest BCUT2D eigenvalue weighted by molar-refractivity contribution is -1.16. The molecule has 0 aromatic heterocycles. The first-order chi connectivity index (χ1) is 4.54. The van der Waals surface area contributed by atoms with Crippen molar-refractivity contribution < 1.29 is 21.1 Å². The maximum absolute atomic E-state index is 9.94. The summed E-state index contributed by atoms with van der Waals surface area (Å²) in [6, 6.07) is 0. The Kier molecular flexibility index (Phi) is 4.29. The zero-order valence-corrected chi connectivity index (χ0v) is 5.16. The number of hydrogen-bond donors (Lipinski definition) is 6. The van der Waals surface area contributed by atoms with Gasteiger partial charge in [0.15, 0.2) is 0 Å². The smallest absolute Gasteiger partial charge is 0.0586 e. The number of nitrogens with zero attached hydrogens (tertiary/aromatic N) is 1. The van der Waals surface area contributed by atoms with Crippen molar-refractivity contribution in [3.8, 4) is 0 Å². The van der Waals surface area contributed by atoms with E-state index in [0.717, 1.165) is 7.05 Å². The Morgan fingerprint density at radius 2 is 1.90 bits per heavy atom. The van der Waals surface area contributed by atoms with Gasteiger partial charge in [-0.3, -0.25) is 0 Å². The monoisotopic (exact) mass is 155 g/mol. The minimum Gasteiger partial charge on any atom is -0.579 e. The molecule has 0 fully saturated rings. The highest BCUT2D eigenvalue weighted by Crippen LogP contribution is 1.43. The summed E-state index contributed by atoms with van der Waals surface area (Å²) in [4.78, 5) is 0. The second-order valence-electron chi connectivity index (χ2n) is 1.38. The van der Waals surface area contributed by atoms with Gasteiger partial charge in [-0.2, -0.15) is 10.4 Å². The summed E-state index contributed by atoms with van der Waals surface area (Å²) in [5.41, 5.74) is 3.50. The van der Waals surface area contributed by atoms with Crippen molar-refractivity contribution in [2.75, 3.05) is 7.05 Å². The SMILES string of the molecule is CN(NN[NH+]([O-])O)[NH+]([O-])O. The standard InChI is InChI=1S/CH9N5O4/c1-4(6(9)10)2-3-5(7)8/h2-3,5-7,9H,1H3. The van der Waals surface area contributed by atoms with Crippen LogP contribution < -0.4 is 21.7 Å². The molecule has 0 aliphatic rings. The average Bonchev–Trinajstić information content (AvgIpc) is 1.82. The summed E-state index contributed by atoms with van der Waals surface area (Å²) in [6.07, 6.45) is 0. The Morgan fingerprint density at radius 3 is 2.20 bits per heavy atom. The molecule has 10 heavy (non-hydrogen) atoms. The third kappa shape index (κ3) is 4.51. The summed E-state index contributed by atoms with van der Waals surface area (Å²) in [5, 5.41) is 33.7. The van der Waals surface area contributed by atoms with Crippen LogP contribution in [-0.4, -0.2) is 22.6 Å². The number of quaternary nitrogens is 2. The van der Waals surface area contributed by atoms with E-state index in [1.165, 1.54) is 0 Å². The van der Waals surface area contributed by atoms with Crippen molar-refractivity contribution in [1.29, 1.82) is 0 Å². The van der Waals surface area contributed by atoms with Crippen LogP contribution in [0.2, 0.25) is 0 Å². The van der Waals surface area contributed by atoms with Crippen molar-refractivity contribution >= 4 is 0 Å². The second kappa shape index (κ2) is 4.45. The number of rotatable bonds is 4. The van der Waals surface area contributed by atoms with Gasteiger partial charge in [-0.05, 0) is 10.7 Å². The number of hydrogen-bond acceptors (Lipinski definition) is 7. The number of nitrogens with one attached hydrogen (secondary N) is 4. The quantitative estimate of drug-likeness (QED) is 0.225. The first kappa shape index (κ1) is 9.64. The molecule has 0 heterocycles. The molecule has 0 bridgehead atoms. The van der Waals surface area contributed by atoms with E-state index in [0.29, 0.717) is 5.12 Å². The Balaban J connectivity index is 3.30. The van der Waals surface area contributed by atoms with Gasteiger partial charge in [-0.25, -0.2) is 0 Å². The molecule has 2 atom stereocenters. The molecule has 2 unspecified atom stereocenters. The van der Waals surface area contributed by atoms with Crippen molar-refractivity contribution in [2.24, 2.45) is 0 Å². The normalized spacial score (nSPS) is 17.4. The summed E-state index contributed by atoms with van der Waals surface area (Å²) in [6.45, 7) is 0. The molecule has 62 valence electrons. The van der Waals surface area contributed by atoms with Gasteiger partial charge in [0.25, 0.3) is 0 Å². The van der Waals surface area contributed by atoms with Gasteiger partial charge in [0.05, 0.1) is 7.05 Å². The molecule has 6 N–H and O–H groups in total. The third-order valence-electron chi connectivity index (χ3n) is 0.617. The highest BCUT2D eigenvalue weighted by atomic mass is 16.9. The molecule has 0 aliphatic carbocycles. The van der Waals surface area contributed by atoms with Gasteiger partial charge >= 0.3 is 0 Å². The lowest BCUT2D eigenvalue weighted by atomic mass is 11.4. The van der Waals surface area contributed by atoms with Gasteiger partial charge < -0.3 is 10.4 Å². The van der Waals surface area contributed by atoms with E-state index in [2.05, 4.69) is 0 Å². The largest absolute Gasteiger partial charge is 0.579 e. The van der Waals surface area contributed by atoms with Crippen molar-refractivity contribution in [2.45, 2.75) is 0 Å². The fraction of sp³-hybridized carbons (Fsp3) is 1.00. The van der Waals surface area contributed by atoms with Gasteiger partial charge in [-0.15, -0.1) is 10.7 Å². The molecule has 0 amide bonds. The maximum atomic E-state index is 9.94. The first-order valence-electron chi connectivity index (χ1n) is 2.25. The Bertz CT molecular complexity index is 85.7. The second-order valence-corrected chi connectivity index (χ2v) is 1.38. The lowest BCUT2D eigenvalue weighted by Crippen LogP contribution is -3.19. The number of hydrazine groups is 2. The fourth-order valence-corrected chi connectivity index (χ4v) is 0.179. The molecule has 0 rings (SSSR count). The van der Waals surface area contributed by atoms with E-state index >= 15 is 0 Å². The van der Waals surface area contributed by atoms with E-state index in [1.807, 2.05) is 5.53 Å². The summed E-state index contributed by atoms with van der Waals surface area (Å²) >= 11 is 0. The maximum Gasteiger partial charge on any atom is 0.0586 e. The minimum absolute atomic E-state index is 0.564. The van der Waals surface area contributed by atoms with Crippen LogP contribution in [0.1, 0.15) is 0 Å². The van der Waals surface area contributed by atoms with E-state index in [-0.39, 0.29) is 0 Å². The van der Waals surface area contributed by atoms with Crippen LogP contribution in [0.15, 0.2) is 0 Å². The molecule has 0 spiro atoms. The molecule has 0 aromatic carbocycles. The minimum atomic E-state index is -1.35. The topological polar surface area (TPSA) is 123 Å². The van der Waals surface area contributed by atoms with E-state index in [4.69, 9.17) is 10.4 Å².